The number of rotatable bonds is 3. The van der Waals surface area contributed by atoms with Gasteiger partial charge in [0.05, 0.1) is 18.3 Å². The molecule has 62 valence electrons. The molecule has 0 aromatic carbocycles. The van der Waals surface area contributed by atoms with E-state index >= 15 is 0 Å². The quantitative estimate of drug-likeness (QED) is 0.622. The van der Waals surface area contributed by atoms with Gasteiger partial charge in [0.15, 0.2) is 0 Å². The highest BCUT2D eigenvalue weighted by Gasteiger charge is 1.98. The lowest BCUT2D eigenvalue weighted by Crippen LogP contribution is -2.18. The normalized spacial score (nSPS) is 9.75. The average Bonchev–Trinajstić information content (AvgIpc) is 2.06. The summed E-state index contributed by atoms with van der Waals surface area (Å²) in [6.07, 6.45) is 1.76. The first-order chi connectivity index (χ1) is 5.83. The Morgan fingerprint density at radius 1 is 1.58 bits per heavy atom. The van der Waals surface area contributed by atoms with Crippen molar-refractivity contribution in [3.63, 3.8) is 0 Å². The Morgan fingerprint density at radius 2 is 2.42 bits per heavy atom. The van der Waals surface area contributed by atoms with Crippen molar-refractivity contribution in [3.8, 4) is 6.07 Å². The van der Waals surface area contributed by atoms with Gasteiger partial charge in [0.25, 0.3) is 0 Å². The molecular weight excluding hydrogens is 150 g/mol. The van der Waals surface area contributed by atoms with Crippen molar-refractivity contribution in [2.45, 2.75) is 6.54 Å². The van der Waals surface area contributed by atoms with Crippen LogP contribution >= 0.6 is 0 Å². The molecule has 0 atom stereocenters. The largest absolute Gasteiger partial charge is 0.288 e. The fraction of sp³-hybridized carbons (Fsp3) is 0.333. The highest BCUT2D eigenvalue weighted by atomic mass is 15.1. The lowest BCUT2D eigenvalue weighted by atomic mass is 10.3. The Balaban J connectivity index is 2.48. The molecule has 0 spiro atoms. The molecule has 0 unspecified atom stereocenters. The highest BCUT2D eigenvalue weighted by Crippen LogP contribution is 1.97. The van der Waals surface area contributed by atoms with E-state index in [9.17, 15) is 0 Å². The first-order valence-electron chi connectivity index (χ1n) is 3.78. The van der Waals surface area contributed by atoms with E-state index < -0.39 is 0 Å². The van der Waals surface area contributed by atoms with Crippen LogP contribution in [0.25, 0.3) is 0 Å². The van der Waals surface area contributed by atoms with Gasteiger partial charge in [0.1, 0.15) is 0 Å². The van der Waals surface area contributed by atoms with Gasteiger partial charge in [-0.3, -0.25) is 9.88 Å². The molecule has 0 aliphatic rings. The summed E-state index contributed by atoms with van der Waals surface area (Å²) in [5, 5.41) is 8.40. The maximum atomic E-state index is 8.40. The maximum Gasteiger partial charge on any atom is 0.0866 e. The highest BCUT2D eigenvalue weighted by molar-refractivity contribution is 5.03. The summed E-state index contributed by atoms with van der Waals surface area (Å²) in [5.41, 5.74) is 0.996. The Hall–Kier alpha value is -1.40. The van der Waals surface area contributed by atoms with Gasteiger partial charge < -0.3 is 0 Å². The van der Waals surface area contributed by atoms with Crippen LogP contribution < -0.4 is 0 Å². The lowest BCUT2D eigenvalue weighted by molar-refractivity contribution is 0.362. The minimum atomic E-state index is 0.441. The number of hydrogen-bond acceptors (Lipinski definition) is 3. The van der Waals surface area contributed by atoms with Gasteiger partial charge in [-0.2, -0.15) is 5.26 Å². The van der Waals surface area contributed by atoms with Crippen LogP contribution in [0, 0.1) is 11.3 Å². The smallest absolute Gasteiger partial charge is 0.0866 e. The van der Waals surface area contributed by atoms with Crippen molar-refractivity contribution in [3.05, 3.63) is 30.1 Å². The second-order valence-corrected chi connectivity index (χ2v) is 2.65. The number of aromatic nitrogens is 1. The van der Waals surface area contributed by atoms with Crippen molar-refractivity contribution >= 4 is 0 Å². The zero-order valence-corrected chi connectivity index (χ0v) is 7.07. The summed E-state index contributed by atoms with van der Waals surface area (Å²) in [4.78, 5) is 6.07. The fourth-order valence-electron chi connectivity index (χ4n) is 0.945. The zero-order valence-electron chi connectivity index (χ0n) is 7.07. The third kappa shape index (κ3) is 2.69. The number of pyridine rings is 1. The van der Waals surface area contributed by atoms with Crippen molar-refractivity contribution in [2.24, 2.45) is 0 Å². The van der Waals surface area contributed by atoms with Crippen molar-refractivity contribution < 1.29 is 0 Å². The molecule has 3 nitrogen and oxygen atoms in total. The minimum Gasteiger partial charge on any atom is -0.288 e. The van der Waals surface area contributed by atoms with Crippen LogP contribution in [-0.4, -0.2) is 23.5 Å². The number of hydrogen-bond donors (Lipinski definition) is 0. The molecule has 0 aliphatic heterocycles. The molecule has 1 rings (SSSR count). The van der Waals surface area contributed by atoms with Crippen LogP contribution in [0.15, 0.2) is 24.4 Å². The monoisotopic (exact) mass is 161 g/mol. The van der Waals surface area contributed by atoms with E-state index in [-0.39, 0.29) is 0 Å². The van der Waals surface area contributed by atoms with Gasteiger partial charge in [-0.05, 0) is 19.2 Å². The Morgan fingerprint density at radius 3 is 3.00 bits per heavy atom. The Bertz CT molecular complexity index is 263. The van der Waals surface area contributed by atoms with E-state index in [1.165, 1.54) is 0 Å². The summed E-state index contributed by atoms with van der Waals surface area (Å²) < 4.78 is 0. The van der Waals surface area contributed by atoms with E-state index in [2.05, 4.69) is 11.1 Å². The molecule has 1 aromatic heterocycles. The molecule has 12 heavy (non-hydrogen) atoms. The van der Waals surface area contributed by atoms with Crippen LogP contribution in [0.1, 0.15) is 5.69 Å². The summed E-state index contributed by atoms with van der Waals surface area (Å²) in [7, 11) is 1.90. The summed E-state index contributed by atoms with van der Waals surface area (Å²) in [6.45, 7) is 1.17. The van der Waals surface area contributed by atoms with Crippen LogP contribution in [0.4, 0.5) is 0 Å². The van der Waals surface area contributed by atoms with E-state index in [0.717, 1.165) is 12.2 Å². The molecule has 0 fully saturated rings. The van der Waals surface area contributed by atoms with Crippen molar-refractivity contribution in [1.29, 1.82) is 5.26 Å². The molecule has 1 aromatic rings. The predicted octanol–water partition coefficient (Wildman–Crippen LogP) is 1.04. The second kappa shape index (κ2) is 4.47. The van der Waals surface area contributed by atoms with Crippen LogP contribution in [0.5, 0.6) is 0 Å². The zero-order chi connectivity index (χ0) is 8.81. The maximum absolute atomic E-state index is 8.40. The summed E-state index contributed by atoms with van der Waals surface area (Å²) in [5.74, 6) is 0. The molecule has 0 aliphatic carbocycles. The average molecular weight is 161 g/mol. The van der Waals surface area contributed by atoms with Crippen LogP contribution in [-0.2, 0) is 6.54 Å². The van der Waals surface area contributed by atoms with Crippen molar-refractivity contribution in [1.82, 2.24) is 9.88 Å². The Labute approximate surface area is 72.3 Å². The van der Waals surface area contributed by atoms with Gasteiger partial charge in [-0.15, -0.1) is 0 Å². The molecule has 0 amide bonds. The Kier molecular flexibility index (Phi) is 3.24. The molecule has 0 saturated heterocycles. The number of nitriles is 1. The van der Waals surface area contributed by atoms with Crippen LogP contribution in [0.3, 0.4) is 0 Å². The first kappa shape index (κ1) is 8.69. The predicted molar refractivity (Wildman–Crippen MR) is 46.2 cm³/mol. The third-order valence-corrected chi connectivity index (χ3v) is 1.50. The van der Waals surface area contributed by atoms with Gasteiger partial charge in [-0.25, -0.2) is 0 Å². The second-order valence-electron chi connectivity index (χ2n) is 2.65. The van der Waals surface area contributed by atoms with Gasteiger partial charge in [0, 0.05) is 12.7 Å². The molecule has 0 saturated carbocycles. The standard InChI is InChI=1S/C9H11N3/c1-12(7-5-10)8-9-4-2-3-6-11-9/h2-4,6H,7-8H2,1H3. The van der Waals surface area contributed by atoms with Gasteiger partial charge in [0.2, 0.25) is 0 Å². The van der Waals surface area contributed by atoms with E-state index in [0.29, 0.717) is 6.54 Å². The first-order valence-corrected chi connectivity index (χ1v) is 3.78. The summed E-state index contributed by atoms with van der Waals surface area (Å²) >= 11 is 0. The molecule has 0 N–H and O–H groups in total. The molecule has 0 radical (unpaired) electrons. The minimum absolute atomic E-state index is 0.441. The third-order valence-electron chi connectivity index (χ3n) is 1.50. The fourth-order valence-corrected chi connectivity index (χ4v) is 0.945. The number of nitrogens with zero attached hydrogens (tertiary/aromatic N) is 3. The van der Waals surface area contributed by atoms with Gasteiger partial charge >= 0.3 is 0 Å². The van der Waals surface area contributed by atoms with E-state index in [1.807, 2.05) is 30.1 Å². The van der Waals surface area contributed by atoms with E-state index in [1.54, 1.807) is 6.20 Å². The molecular formula is C9H11N3. The van der Waals surface area contributed by atoms with Crippen molar-refractivity contribution in [2.75, 3.05) is 13.6 Å². The van der Waals surface area contributed by atoms with E-state index in [4.69, 9.17) is 5.26 Å². The summed E-state index contributed by atoms with van der Waals surface area (Å²) in [6, 6.07) is 7.87. The lowest BCUT2D eigenvalue weighted by Gasteiger charge is -2.10. The topological polar surface area (TPSA) is 39.9 Å². The SMILES string of the molecule is CN(CC#N)Cc1ccccn1. The van der Waals surface area contributed by atoms with Gasteiger partial charge in [-0.1, -0.05) is 6.07 Å². The van der Waals surface area contributed by atoms with Crippen LogP contribution in [0.2, 0.25) is 0 Å². The molecule has 3 heteroatoms. The molecule has 1 heterocycles. The molecule has 0 bridgehead atoms.